The molecule has 1 aromatic heterocycles. The summed E-state index contributed by atoms with van der Waals surface area (Å²) in [5.41, 5.74) is -0.163. The van der Waals surface area contributed by atoms with E-state index in [1.807, 2.05) is 27.7 Å². The molecular formula is C12H23N3O3S. The Balaban J connectivity index is 2.50. The van der Waals surface area contributed by atoms with E-state index in [0.717, 1.165) is 12.2 Å². The van der Waals surface area contributed by atoms with Crippen LogP contribution in [-0.2, 0) is 9.47 Å². The van der Waals surface area contributed by atoms with Crippen LogP contribution in [0.2, 0.25) is 0 Å². The first kappa shape index (κ1) is 16.3. The number of aromatic nitrogens is 3. The Hall–Kier alpha value is -0.790. The summed E-state index contributed by atoms with van der Waals surface area (Å²) in [7, 11) is 0. The molecule has 6 nitrogen and oxygen atoms in total. The number of nitrogens with zero attached hydrogens (tertiary/aromatic N) is 2. The zero-order valence-corrected chi connectivity index (χ0v) is 12.8. The topological polar surface area (TPSA) is 69.1 Å². The molecule has 0 saturated heterocycles. The van der Waals surface area contributed by atoms with Crippen molar-refractivity contribution in [1.82, 2.24) is 14.8 Å². The molecule has 0 bridgehead atoms. The van der Waals surface area contributed by atoms with Gasteiger partial charge in [-0.15, -0.1) is 5.10 Å². The molecule has 0 aliphatic carbocycles. The normalized spacial score (nSPS) is 11.7. The Labute approximate surface area is 117 Å². The Morgan fingerprint density at radius 3 is 2.47 bits per heavy atom. The number of aromatic amines is 1. The van der Waals surface area contributed by atoms with E-state index in [1.54, 1.807) is 4.57 Å². The molecule has 0 unspecified atom stereocenters. The highest BCUT2D eigenvalue weighted by molar-refractivity contribution is 7.99. The van der Waals surface area contributed by atoms with Crippen molar-refractivity contribution in [3.63, 3.8) is 0 Å². The van der Waals surface area contributed by atoms with Gasteiger partial charge in [0.15, 0.2) is 11.4 Å². The molecule has 0 amide bonds. The second-order valence-electron chi connectivity index (χ2n) is 4.25. The summed E-state index contributed by atoms with van der Waals surface area (Å²) in [4.78, 5) is 11.6. The van der Waals surface area contributed by atoms with Gasteiger partial charge in [-0.05, 0) is 27.7 Å². The number of H-pyrrole nitrogens is 1. The van der Waals surface area contributed by atoms with Gasteiger partial charge in [0.05, 0.1) is 0 Å². The lowest BCUT2D eigenvalue weighted by atomic mass is 10.4. The molecule has 1 N–H and O–H groups in total. The molecule has 0 fully saturated rings. The van der Waals surface area contributed by atoms with Crippen molar-refractivity contribution in [3.05, 3.63) is 10.5 Å². The zero-order valence-electron chi connectivity index (χ0n) is 12.0. The number of rotatable bonds is 9. The molecule has 19 heavy (non-hydrogen) atoms. The number of ether oxygens (including phenoxy) is 2. The number of nitrogens with one attached hydrogen (secondary N) is 1. The first-order chi connectivity index (χ1) is 9.10. The molecule has 1 rings (SSSR count). The molecule has 0 aromatic carbocycles. The number of hydrogen-bond donors (Lipinski definition) is 1. The van der Waals surface area contributed by atoms with E-state index >= 15 is 0 Å². The summed E-state index contributed by atoms with van der Waals surface area (Å²) >= 11 is 1.54. The monoisotopic (exact) mass is 289 g/mol. The van der Waals surface area contributed by atoms with Crippen LogP contribution >= 0.6 is 11.8 Å². The van der Waals surface area contributed by atoms with Crippen molar-refractivity contribution in [1.29, 1.82) is 0 Å². The van der Waals surface area contributed by atoms with Gasteiger partial charge in [0.25, 0.3) is 0 Å². The molecule has 0 atom stereocenters. The average Bonchev–Trinajstić information content (AvgIpc) is 2.71. The smallest absolute Gasteiger partial charge is 0.344 e. The molecule has 1 heterocycles. The van der Waals surface area contributed by atoms with Gasteiger partial charge in [-0.2, -0.15) is 0 Å². The van der Waals surface area contributed by atoms with Crippen LogP contribution in [0.4, 0.5) is 0 Å². The van der Waals surface area contributed by atoms with Crippen molar-refractivity contribution in [2.24, 2.45) is 0 Å². The summed E-state index contributed by atoms with van der Waals surface area (Å²) in [6, 6.07) is 0.100. The second kappa shape index (κ2) is 8.39. The SMILES string of the molecule is CCOC(CCSc1n[nH]c(=O)n1C(C)C)OCC. The van der Waals surface area contributed by atoms with Gasteiger partial charge < -0.3 is 9.47 Å². The van der Waals surface area contributed by atoms with Crippen molar-refractivity contribution in [2.45, 2.75) is 51.6 Å². The second-order valence-corrected chi connectivity index (χ2v) is 5.31. The molecule has 0 radical (unpaired) electrons. The van der Waals surface area contributed by atoms with Gasteiger partial charge in [0, 0.05) is 31.4 Å². The first-order valence-electron chi connectivity index (χ1n) is 6.63. The quantitative estimate of drug-likeness (QED) is 0.556. The van der Waals surface area contributed by atoms with E-state index in [1.165, 1.54) is 11.8 Å². The van der Waals surface area contributed by atoms with Crippen LogP contribution in [-0.4, -0.2) is 40.0 Å². The van der Waals surface area contributed by atoms with E-state index in [9.17, 15) is 4.79 Å². The molecule has 0 spiro atoms. The number of thioether (sulfide) groups is 1. The molecule has 7 heteroatoms. The maximum atomic E-state index is 11.6. The van der Waals surface area contributed by atoms with Gasteiger partial charge >= 0.3 is 5.69 Å². The standard InChI is InChI=1S/C12H23N3O3S/c1-5-17-10(18-6-2)7-8-19-12-14-13-11(16)15(12)9(3)4/h9-10H,5-8H2,1-4H3,(H,13,16). The summed E-state index contributed by atoms with van der Waals surface area (Å²) in [5.74, 6) is 0.793. The van der Waals surface area contributed by atoms with Crippen LogP contribution < -0.4 is 5.69 Å². The minimum atomic E-state index is -0.180. The maximum absolute atomic E-state index is 11.6. The Morgan fingerprint density at radius 2 is 1.95 bits per heavy atom. The number of hydrogen-bond acceptors (Lipinski definition) is 5. The Morgan fingerprint density at radius 1 is 1.32 bits per heavy atom. The summed E-state index contributed by atoms with van der Waals surface area (Å²) in [5, 5.41) is 7.23. The molecular weight excluding hydrogens is 266 g/mol. The average molecular weight is 289 g/mol. The van der Waals surface area contributed by atoms with Gasteiger partial charge in [-0.3, -0.25) is 4.57 Å². The minimum Gasteiger partial charge on any atom is -0.353 e. The Bertz CT molecular complexity index is 411. The third-order valence-corrected chi connectivity index (χ3v) is 3.46. The maximum Gasteiger partial charge on any atom is 0.344 e. The summed E-state index contributed by atoms with van der Waals surface area (Å²) in [6.45, 7) is 9.09. The fraction of sp³-hybridized carbons (Fsp3) is 0.833. The van der Waals surface area contributed by atoms with Crippen LogP contribution in [0.5, 0.6) is 0 Å². The molecule has 0 saturated carbocycles. The highest BCUT2D eigenvalue weighted by Gasteiger charge is 2.13. The minimum absolute atomic E-state index is 0.100. The van der Waals surface area contributed by atoms with Crippen molar-refractivity contribution in [2.75, 3.05) is 19.0 Å². The molecule has 0 aliphatic heterocycles. The third-order valence-electron chi connectivity index (χ3n) is 2.48. The highest BCUT2D eigenvalue weighted by atomic mass is 32.2. The highest BCUT2D eigenvalue weighted by Crippen LogP contribution is 2.19. The van der Waals surface area contributed by atoms with Crippen LogP contribution in [0.3, 0.4) is 0 Å². The van der Waals surface area contributed by atoms with E-state index < -0.39 is 0 Å². The van der Waals surface area contributed by atoms with E-state index in [0.29, 0.717) is 18.4 Å². The largest absolute Gasteiger partial charge is 0.353 e. The van der Waals surface area contributed by atoms with Crippen LogP contribution in [0.1, 0.15) is 40.2 Å². The molecule has 1 aromatic rings. The fourth-order valence-electron chi connectivity index (χ4n) is 1.68. The Kier molecular flexibility index (Phi) is 7.19. The molecule has 0 aliphatic rings. The van der Waals surface area contributed by atoms with Gasteiger partial charge in [-0.25, -0.2) is 9.89 Å². The fourth-order valence-corrected chi connectivity index (χ4v) is 2.72. The van der Waals surface area contributed by atoms with Crippen LogP contribution in [0.25, 0.3) is 0 Å². The first-order valence-corrected chi connectivity index (χ1v) is 7.61. The predicted molar refractivity (Wildman–Crippen MR) is 75.6 cm³/mol. The van der Waals surface area contributed by atoms with Crippen molar-refractivity contribution >= 4 is 11.8 Å². The lowest BCUT2D eigenvalue weighted by Crippen LogP contribution is -2.20. The van der Waals surface area contributed by atoms with Crippen LogP contribution in [0, 0.1) is 0 Å². The van der Waals surface area contributed by atoms with Gasteiger partial charge in [-0.1, -0.05) is 11.8 Å². The summed E-state index contributed by atoms with van der Waals surface area (Å²) < 4.78 is 12.6. The van der Waals surface area contributed by atoms with E-state index in [4.69, 9.17) is 9.47 Å². The lowest BCUT2D eigenvalue weighted by Gasteiger charge is -2.16. The van der Waals surface area contributed by atoms with Gasteiger partial charge in [0.1, 0.15) is 0 Å². The van der Waals surface area contributed by atoms with Crippen LogP contribution in [0.15, 0.2) is 9.95 Å². The lowest BCUT2D eigenvalue weighted by molar-refractivity contribution is -0.136. The molecule has 110 valence electrons. The van der Waals surface area contributed by atoms with Crippen molar-refractivity contribution in [3.8, 4) is 0 Å². The van der Waals surface area contributed by atoms with Gasteiger partial charge in [0.2, 0.25) is 0 Å². The zero-order chi connectivity index (χ0) is 14.3. The summed E-state index contributed by atoms with van der Waals surface area (Å²) in [6.07, 6.45) is 0.589. The van der Waals surface area contributed by atoms with Crippen molar-refractivity contribution < 1.29 is 9.47 Å². The van der Waals surface area contributed by atoms with E-state index in [2.05, 4.69) is 10.2 Å². The van der Waals surface area contributed by atoms with E-state index in [-0.39, 0.29) is 18.0 Å². The third kappa shape index (κ3) is 5.00. The predicted octanol–water partition coefficient (Wildman–Crippen LogP) is 2.03.